The Balaban J connectivity index is 2.12. The number of nitrogens with two attached hydrogens (primary N) is 1. The summed E-state index contributed by atoms with van der Waals surface area (Å²) in [7, 11) is 0. The number of anilines is 1. The van der Waals surface area contributed by atoms with Crippen molar-refractivity contribution in [1.29, 1.82) is 0 Å². The summed E-state index contributed by atoms with van der Waals surface area (Å²) in [5, 5.41) is 9.95. The number of hydrogen-bond donors (Lipinski definition) is 2. The van der Waals surface area contributed by atoms with Crippen LogP contribution in [-0.4, -0.2) is 39.6 Å². The quantitative estimate of drug-likeness (QED) is 0.749. The molecule has 0 aromatic carbocycles. The van der Waals surface area contributed by atoms with Gasteiger partial charge in [-0.25, -0.2) is 4.98 Å². The molecular weight excluding hydrogens is 218 g/mol. The molecule has 5 nitrogen and oxygen atoms in total. The van der Waals surface area contributed by atoms with E-state index in [1.54, 1.807) is 24.0 Å². The number of hydrogen-bond acceptors (Lipinski definition) is 4. The number of likely N-dealkylation sites (tertiary alicyclic amines) is 1. The maximum absolute atomic E-state index is 12.1. The van der Waals surface area contributed by atoms with Crippen LogP contribution in [-0.2, 0) is 0 Å². The Bertz CT molecular complexity index is 414. The zero-order valence-corrected chi connectivity index (χ0v) is 9.89. The van der Waals surface area contributed by atoms with Gasteiger partial charge in [-0.3, -0.25) is 4.79 Å². The minimum absolute atomic E-state index is 0.148. The third kappa shape index (κ3) is 2.74. The van der Waals surface area contributed by atoms with Gasteiger partial charge in [-0.1, -0.05) is 0 Å². The molecule has 1 aromatic heterocycles. The van der Waals surface area contributed by atoms with Gasteiger partial charge < -0.3 is 15.7 Å². The molecular formula is C12H17N3O2. The highest BCUT2D eigenvalue weighted by Crippen LogP contribution is 2.21. The smallest absolute Gasteiger partial charge is 0.272 e. The maximum Gasteiger partial charge on any atom is 0.272 e. The van der Waals surface area contributed by atoms with Crippen molar-refractivity contribution in [3.05, 3.63) is 24.0 Å². The fourth-order valence-electron chi connectivity index (χ4n) is 2.09. The summed E-state index contributed by atoms with van der Waals surface area (Å²) in [6, 6.07) is 3.27. The lowest BCUT2D eigenvalue weighted by atomic mass is 9.95. The van der Waals surface area contributed by atoms with Crippen LogP contribution in [0.25, 0.3) is 0 Å². The molecule has 1 aliphatic rings. The third-order valence-corrected chi connectivity index (χ3v) is 2.97. The number of nitrogen functional groups attached to an aromatic ring is 1. The largest absolute Gasteiger partial charge is 0.397 e. The second kappa shape index (κ2) is 4.33. The van der Waals surface area contributed by atoms with E-state index in [-0.39, 0.29) is 5.91 Å². The fraction of sp³-hybridized carbons (Fsp3) is 0.500. The number of carbonyl (C=O) groups is 1. The highest BCUT2D eigenvalue weighted by atomic mass is 16.3. The molecule has 2 rings (SSSR count). The molecule has 0 aliphatic carbocycles. The van der Waals surface area contributed by atoms with Crippen LogP contribution in [0, 0.1) is 0 Å². The average molecular weight is 235 g/mol. The summed E-state index contributed by atoms with van der Waals surface area (Å²) in [6.45, 7) is 2.78. The molecule has 1 atom stereocenters. The van der Waals surface area contributed by atoms with Gasteiger partial charge in [-0.2, -0.15) is 0 Å². The van der Waals surface area contributed by atoms with Crippen molar-refractivity contribution in [3.63, 3.8) is 0 Å². The maximum atomic E-state index is 12.1. The van der Waals surface area contributed by atoms with E-state index in [1.807, 2.05) is 0 Å². The van der Waals surface area contributed by atoms with Crippen LogP contribution < -0.4 is 5.73 Å². The van der Waals surface area contributed by atoms with E-state index in [4.69, 9.17) is 5.73 Å². The average Bonchev–Trinajstić information content (AvgIpc) is 2.28. The van der Waals surface area contributed by atoms with E-state index in [0.717, 1.165) is 12.8 Å². The van der Waals surface area contributed by atoms with Crippen LogP contribution in [0.5, 0.6) is 0 Å². The van der Waals surface area contributed by atoms with Gasteiger partial charge in [0.05, 0.1) is 17.5 Å². The molecule has 1 unspecified atom stereocenters. The molecule has 3 N–H and O–H groups in total. The van der Waals surface area contributed by atoms with Gasteiger partial charge in [-0.15, -0.1) is 0 Å². The highest BCUT2D eigenvalue weighted by Gasteiger charge is 2.31. The number of β-amino-alcohol motifs (C(OH)–C–C–N with tert-alkyl or cyclic N) is 1. The Labute approximate surface area is 100 Å². The van der Waals surface area contributed by atoms with Gasteiger partial charge in [0.2, 0.25) is 0 Å². The second-order valence-corrected chi connectivity index (χ2v) is 4.80. The van der Waals surface area contributed by atoms with Crippen molar-refractivity contribution in [2.45, 2.75) is 25.4 Å². The number of nitrogens with zero attached hydrogens (tertiary/aromatic N) is 2. The minimum atomic E-state index is -0.790. The van der Waals surface area contributed by atoms with Gasteiger partial charge in [0.15, 0.2) is 0 Å². The SMILES string of the molecule is CC1(O)CCCN(C(=O)c2ccc(N)cn2)C1. The van der Waals surface area contributed by atoms with Gasteiger partial charge in [0.1, 0.15) is 5.69 Å². The van der Waals surface area contributed by atoms with Crippen molar-refractivity contribution < 1.29 is 9.90 Å². The van der Waals surface area contributed by atoms with E-state index in [9.17, 15) is 9.90 Å². The molecule has 0 radical (unpaired) electrons. The van der Waals surface area contributed by atoms with Crippen LogP contribution in [0.15, 0.2) is 18.3 Å². The highest BCUT2D eigenvalue weighted by molar-refractivity contribution is 5.92. The van der Waals surface area contributed by atoms with Crippen molar-refractivity contribution in [1.82, 2.24) is 9.88 Å². The van der Waals surface area contributed by atoms with E-state index in [1.165, 1.54) is 6.20 Å². The normalized spacial score (nSPS) is 24.7. The molecule has 92 valence electrons. The summed E-state index contributed by atoms with van der Waals surface area (Å²) in [4.78, 5) is 17.8. The molecule has 1 amide bonds. The predicted octanol–water partition coefficient (Wildman–Crippen LogP) is 0.651. The van der Waals surface area contributed by atoms with Crippen LogP contribution >= 0.6 is 0 Å². The van der Waals surface area contributed by atoms with Crippen LogP contribution in [0.2, 0.25) is 0 Å². The van der Waals surface area contributed by atoms with Crippen molar-refractivity contribution in [2.24, 2.45) is 0 Å². The first kappa shape index (κ1) is 11.9. The summed E-state index contributed by atoms with van der Waals surface area (Å²) in [5.74, 6) is -0.148. The molecule has 1 fully saturated rings. The second-order valence-electron chi connectivity index (χ2n) is 4.80. The van der Waals surface area contributed by atoms with Crippen molar-refractivity contribution in [3.8, 4) is 0 Å². The summed E-state index contributed by atoms with van der Waals surface area (Å²) < 4.78 is 0. The molecule has 0 spiro atoms. The number of aliphatic hydroxyl groups is 1. The molecule has 1 saturated heterocycles. The first-order valence-electron chi connectivity index (χ1n) is 5.71. The number of carbonyl (C=O) groups excluding carboxylic acids is 1. The van der Waals surface area contributed by atoms with E-state index in [0.29, 0.717) is 24.5 Å². The van der Waals surface area contributed by atoms with Gasteiger partial charge in [-0.05, 0) is 31.9 Å². The monoisotopic (exact) mass is 235 g/mol. The number of amides is 1. The Morgan fingerprint density at radius 2 is 2.35 bits per heavy atom. The lowest BCUT2D eigenvalue weighted by Gasteiger charge is -2.36. The first-order chi connectivity index (χ1) is 7.98. The molecule has 0 bridgehead atoms. The summed E-state index contributed by atoms with van der Waals surface area (Å²) >= 11 is 0. The molecule has 17 heavy (non-hydrogen) atoms. The zero-order chi connectivity index (χ0) is 12.5. The Hall–Kier alpha value is -1.62. The van der Waals surface area contributed by atoms with Crippen LogP contribution in [0.1, 0.15) is 30.3 Å². The Morgan fingerprint density at radius 1 is 1.59 bits per heavy atom. The zero-order valence-electron chi connectivity index (χ0n) is 9.89. The van der Waals surface area contributed by atoms with Crippen molar-refractivity contribution >= 4 is 11.6 Å². The molecule has 5 heteroatoms. The third-order valence-electron chi connectivity index (χ3n) is 2.97. The molecule has 2 heterocycles. The van der Waals surface area contributed by atoms with Gasteiger partial charge in [0.25, 0.3) is 5.91 Å². The van der Waals surface area contributed by atoms with Crippen molar-refractivity contribution in [2.75, 3.05) is 18.8 Å². The topological polar surface area (TPSA) is 79.5 Å². The number of rotatable bonds is 1. The Kier molecular flexibility index (Phi) is 3.02. The molecule has 1 aliphatic heterocycles. The minimum Gasteiger partial charge on any atom is -0.397 e. The summed E-state index contributed by atoms with van der Waals surface area (Å²) in [5.41, 5.74) is 5.64. The van der Waals surface area contributed by atoms with Crippen LogP contribution in [0.4, 0.5) is 5.69 Å². The number of aromatic nitrogens is 1. The summed E-state index contributed by atoms with van der Waals surface area (Å²) in [6.07, 6.45) is 3.01. The Morgan fingerprint density at radius 3 is 2.94 bits per heavy atom. The lowest BCUT2D eigenvalue weighted by Crippen LogP contribution is -2.48. The first-order valence-corrected chi connectivity index (χ1v) is 5.71. The number of piperidine rings is 1. The molecule has 0 saturated carbocycles. The molecule has 1 aromatic rings. The van der Waals surface area contributed by atoms with E-state index >= 15 is 0 Å². The van der Waals surface area contributed by atoms with E-state index in [2.05, 4.69) is 4.98 Å². The van der Waals surface area contributed by atoms with Crippen LogP contribution in [0.3, 0.4) is 0 Å². The number of pyridine rings is 1. The lowest BCUT2D eigenvalue weighted by molar-refractivity contribution is -0.0109. The predicted molar refractivity (Wildman–Crippen MR) is 64.4 cm³/mol. The van der Waals surface area contributed by atoms with Gasteiger partial charge >= 0.3 is 0 Å². The fourth-order valence-corrected chi connectivity index (χ4v) is 2.09. The standard InChI is InChI=1S/C12H17N3O2/c1-12(17)5-2-6-15(8-12)11(16)10-4-3-9(13)7-14-10/h3-4,7,17H,2,5-6,8,13H2,1H3. The van der Waals surface area contributed by atoms with E-state index < -0.39 is 5.60 Å². The van der Waals surface area contributed by atoms with Gasteiger partial charge in [0, 0.05) is 13.1 Å².